The molecule has 0 fully saturated rings. The van der Waals surface area contributed by atoms with Crippen molar-refractivity contribution in [3.8, 4) is 0 Å². The molecular formula is C18H26N2S. The smallest absolute Gasteiger partial charge is 0.0900 e. The van der Waals surface area contributed by atoms with Crippen LogP contribution in [0.2, 0.25) is 0 Å². The maximum Gasteiger partial charge on any atom is 0.0900 e. The van der Waals surface area contributed by atoms with Gasteiger partial charge in [-0.05, 0) is 43.9 Å². The lowest BCUT2D eigenvalue weighted by molar-refractivity contribution is 0.585. The van der Waals surface area contributed by atoms with Crippen molar-refractivity contribution in [1.29, 1.82) is 0 Å². The van der Waals surface area contributed by atoms with Crippen molar-refractivity contribution < 1.29 is 0 Å². The predicted molar refractivity (Wildman–Crippen MR) is 92.2 cm³/mol. The summed E-state index contributed by atoms with van der Waals surface area (Å²) in [4.78, 5) is 5.90. The molecule has 1 heterocycles. The van der Waals surface area contributed by atoms with Crippen LogP contribution in [0, 0.1) is 13.8 Å². The van der Waals surface area contributed by atoms with Crippen LogP contribution in [-0.4, -0.2) is 12.0 Å². The number of rotatable bonds is 4. The fourth-order valence-corrected chi connectivity index (χ4v) is 3.61. The van der Waals surface area contributed by atoms with E-state index in [2.05, 4.69) is 69.2 Å². The summed E-state index contributed by atoms with van der Waals surface area (Å²) in [6.45, 7) is 10.9. The number of aryl methyl sites for hydroxylation is 2. The van der Waals surface area contributed by atoms with Gasteiger partial charge in [0.15, 0.2) is 0 Å². The third-order valence-electron chi connectivity index (χ3n) is 3.86. The number of likely N-dealkylation sites (N-methyl/N-ethyl adjacent to an activating group) is 1. The monoisotopic (exact) mass is 302 g/mol. The molecule has 0 radical (unpaired) electrons. The van der Waals surface area contributed by atoms with Crippen molar-refractivity contribution in [3.05, 3.63) is 51.0 Å². The lowest BCUT2D eigenvalue weighted by Crippen LogP contribution is -2.19. The zero-order valence-electron chi connectivity index (χ0n) is 13.9. The van der Waals surface area contributed by atoms with Crippen LogP contribution >= 0.6 is 11.3 Å². The van der Waals surface area contributed by atoms with Crippen molar-refractivity contribution in [2.75, 3.05) is 7.05 Å². The van der Waals surface area contributed by atoms with Gasteiger partial charge in [-0.3, -0.25) is 0 Å². The lowest BCUT2D eigenvalue weighted by Gasteiger charge is -2.20. The Hall–Kier alpha value is -1.19. The van der Waals surface area contributed by atoms with E-state index >= 15 is 0 Å². The van der Waals surface area contributed by atoms with Gasteiger partial charge in [-0.2, -0.15) is 0 Å². The summed E-state index contributed by atoms with van der Waals surface area (Å²) in [5.41, 5.74) is 4.12. The average molecular weight is 302 g/mol. The number of nitrogens with one attached hydrogen (secondary N) is 1. The molecule has 2 aromatic rings. The number of aromatic nitrogens is 1. The Labute approximate surface area is 132 Å². The lowest BCUT2D eigenvalue weighted by atomic mass is 9.86. The molecule has 114 valence electrons. The summed E-state index contributed by atoms with van der Waals surface area (Å²) in [6.07, 6.45) is 1.00. The van der Waals surface area contributed by atoms with Crippen molar-refractivity contribution in [1.82, 2.24) is 10.3 Å². The van der Waals surface area contributed by atoms with Gasteiger partial charge in [0.1, 0.15) is 0 Å². The maximum atomic E-state index is 4.55. The Kier molecular flexibility index (Phi) is 4.84. The number of thiazole rings is 1. The molecule has 0 aliphatic rings. The molecule has 0 aliphatic carbocycles. The van der Waals surface area contributed by atoms with Crippen molar-refractivity contribution in [2.24, 2.45) is 0 Å². The average Bonchev–Trinajstić information content (AvgIpc) is 2.74. The van der Waals surface area contributed by atoms with E-state index in [4.69, 9.17) is 0 Å². The largest absolute Gasteiger partial charge is 0.312 e. The molecule has 0 saturated heterocycles. The van der Waals surface area contributed by atoms with Crippen LogP contribution in [0.15, 0.2) is 24.3 Å². The van der Waals surface area contributed by atoms with E-state index in [0.717, 1.165) is 17.1 Å². The number of hydrogen-bond donors (Lipinski definition) is 1. The molecule has 1 aromatic heterocycles. The van der Waals surface area contributed by atoms with Gasteiger partial charge < -0.3 is 5.32 Å². The Morgan fingerprint density at radius 3 is 2.19 bits per heavy atom. The Bertz CT molecular complexity index is 591. The van der Waals surface area contributed by atoms with E-state index in [-0.39, 0.29) is 5.41 Å². The molecule has 1 unspecified atom stereocenters. The van der Waals surface area contributed by atoms with Gasteiger partial charge in [0.05, 0.1) is 10.7 Å². The maximum absolute atomic E-state index is 4.55. The van der Waals surface area contributed by atoms with E-state index in [0.29, 0.717) is 6.04 Å². The first-order valence-corrected chi connectivity index (χ1v) is 8.33. The third-order valence-corrected chi connectivity index (χ3v) is 5.05. The van der Waals surface area contributed by atoms with Crippen LogP contribution in [0.25, 0.3) is 0 Å². The van der Waals surface area contributed by atoms with Gasteiger partial charge in [-0.1, -0.05) is 45.0 Å². The molecule has 21 heavy (non-hydrogen) atoms. The molecule has 0 bridgehead atoms. The first kappa shape index (κ1) is 16.2. The van der Waals surface area contributed by atoms with Crippen LogP contribution in [0.5, 0.6) is 0 Å². The second-order valence-corrected chi connectivity index (χ2v) is 7.91. The minimum Gasteiger partial charge on any atom is -0.312 e. The van der Waals surface area contributed by atoms with Crippen molar-refractivity contribution in [2.45, 2.75) is 52.5 Å². The number of nitrogens with zero attached hydrogens (tertiary/aromatic N) is 1. The van der Waals surface area contributed by atoms with E-state index in [1.165, 1.54) is 16.0 Å². The van der Waals surface area contributed by atoms with Crippen molar-refractivity contribution in [3.63, 3.8) is 0 Å². The first-order valence-electron chi connectivity index (χ1n) is 7.52. The first-order chi connectivity index (χ1) is 9.81. The van der Waals surface area contributed by atoms with Gasteiger partial charge >= 0.3 is 0 Å². The fourth-order valence-electron chi connectivity index (χ4n) is 2.57. The number of benzene rings is 1. The minimum absolute atomic E-state index is 0.215. The highest BCUT2D eigenvalue weighted by molar-refractivity contribution is 7.11. The van der Waals surface area contributed by atoms with Crippen LogP contribution in [0.3, 0.4) is 0 Å². The van der Waals surface area contributed by atoms with Crippen molar-refractivity contribution >= 4 is 11.3 Å². The molecule has 2 rings (SSSR count). The van der Waals surface area contributed by atoms with E-state index in [1.54, 1.807) is 11.3 Å². The molecular weight excluding hydrogens is 276 g/mol. The fraction of sp³-hybridized carbons (Fsp3) is 0.500. The summed E-state index contributed by atoms with van der Waals surface area (Å²) in [5.74, 6) is 0. The number of hydrogen-bond acceptors (Lipinski definition) is 3. The summed E-state index contributed by atoms with van der Waals surface area (Å²) < 4.78 is 0. The molecule has 3 heteroatoms. The molecule has 0 aliphatic heterocycles. The highest BCUT2D eigenvalue weighted by Crippen LogP contribution is 2.28. The Morgan fingerprint density at radius 1 is 1.14 bits per heavy atom. The molecule has 1 atom stereocenters. The molecule has 1 N–H and O–H groups in total. The molecule has 0 spiro atoms. The van der Waals surface area contributed by atoms with Gasteiger partial charge in [-0.15, -0.1) is 11.3 Å². The molecule has 0 amide bonds. The van der Waals surface area contributed by atoms with Crippen LogP contribution in [0.4, 0.5) is 0 Å². The summed E-state index contributed by atoms with van der Waals surface area (Å²) >= 11 is 1.80. The van der Waals surface area contributed by atoms with E-state index < -0.39 is 0 Å². The molecule has 1 aromatic carbocycles. The third kappa shape index (κ3) is 3.92. The van der Waals surface area contributed by atoms with Gasteiger partial charge in [0, 0.05) is 10.9 Å². The highest BCUT2D eigenvalue weighted by atomic mass is 32.1. The highest BCUT2D eigenvalue weighted by Gasteiger charge is 2.17. The van der Waals surface area contributed by atoms with E-state index in [1.807, 2.05) is 7.05 Å². The zero-order valence-corrected chi connectivity index (χ0v) is 14.8. The van der Waals surface area contributed by atoms with Gasteiger partial charge in [-0.25, -0.2) is 4.98 Å². The second-order valence-electron chi connectivity index (χ2n) is 6.67. The minimum atomic E-state index is 0.215. The van der Waals surface area contributed by atoms with Crippen LogP contribution < -0.4 is 5.32 Å². The quantitative estimate of drug-likeness (QED) is 0.895. The van der Waals surface area contributed by atoms with Crippen LogP contribution in [0.1, 0.15) is 53.5 Å². The summed E-state index contributed by atoms with van der Waals surface area (Å²) in [5, 5.41) is 4.58. The second kappa shape index (κ2) is 6.29. The normalized spacial score (nSPS) is 13.4. The predicted octanol–water partition coefficient (Wildman–Crippen LogP) is 4.56. The zero-order chi connectivity index (χ0) is 15.6. The molecule has 0 saturated carbocycles. The summed E-state index contributed by atoms with van der Waals surface area (Å²) in [7, 11) is 2.03. The standard InChI is InChI=1S/C18H26N2S/c1-12-17(21-13(2)20-12)16(19-6)11-14-7-9-15(10-8-14)18(3,4)5/h7-10,16,19H,11H2,1-6H3. The van der Waals surface area contributed by atoms with E-state index in [9.17, 15) is 0 Å². The topological polar surface area (TPSA) is 24.9 Å². The Balaban J connectivity index is 2.17. The Morgan fingerprint density at radius 2 is 1.76 bits per heavy atom. The molecule has 2 nitrogen and oxygen atoms in total. The van der Waals surface area contributed by atoms with Crippen LogP contribution in [-0.2, 0) is 11.8 Å². The van der Waals surface area contributed by atoms with Gasteiger partial charge in [0.25, 0.3) is 0 Å². The van der Waals surface area contributed by atoms with Gasteiger partial charge in [0.2, 0.25) is 0 Å². The summed E-state index contributed by atoms with van der Waals surface area (Å²) in [6, 6.07) is 9.37. The SMILES string of the molecule is CNC(Cc1ccc(C(C)(C)C)cc1)c1sc(C)nc1C.